The summed E-state index contributed by atoms with van der Waals surface area (Å²) in [6, 6.07) is 5.54. The molecule has 0 aromatic heterocycles. The van der Waals surface area contributed by atoms with Crippen LogP contribution in [0.15, 0.2) is 41.2 Å². The Kier molecular flexibility index (Phi) is 6.35. The molecule has 0 radical (unpaired) electrons. The van der Waals surface area contributed by atoms with Gasteiger partial charge in [0.2, 0.25) is 0 Å². The third-order valence-corrected chi connectivity index (χ3v) is 6.64. The van der Waals surface area contributed by atoms with E-state index in [1.165, 1.54) is 6.42 Å². The Labute approximate surface area is 183 Å². The molecule has 1 saturated carbocycles. The Balaban J connectivity index is 1.79. The van der Waals surface area contributed by atoms with E-state index in [1.807, 2.05) is 19.1 Å². The van der Waals surface area contributed by atoms with Crippen molar-refractivity contribution in [2.45, 2.75) is 63.9 Å². The molecule has 1 aromatic rings. The fourth-order valence-corrected chi connectivity index (χ4v) is 5.09. The molecule has 0 bridgehead atoms. The van der Waals surface area contributed by atoms with Gasteiger partial charge in [-0.1, -0.05) is 18.6 Å². The summed E-state index contributed by atoms with van der Waals surface area (Å²) in [7, 11) is 3.19. The number of hydrogen-bond acceptors (Lipinski definition) is 6. The summed E-state index contributed by atoms with van der Waals surface area (Å²) in [5.41, 5.74) is 2.92. The Morgan fingerprint density at radius 2 is 1.84 bits per heavy atom. The predicted molar refractivity (Wildman–Crippen MR) is 117 cm³/mol. The summed E-state index contributed by atoms with van der Waals surface area (Å²) in [6.45, 7) is 1.89. The summed E-state index contributed by atoms with van der Waals surface area (Å²) in [4.78, 5) is 26.5. The number of nitrogens with one attached hydrogen (secondary N) is 1. The molecule has 0 spiro atoms. The Bertz CT molecular complexity index is 926. The van der Waals surface area contributed by atoms with E-state index < -0.39 is 11.8 Å². The first kappa shape index (κ1) is 21.5. The van der Waals surface area contributed by atoms with Gasteiger partial charge >= 0.3 is 5.97 Å². The summed E-state index contributed by atoms with van der Waals surface area (Å²) in [5.74, 6) is 0.137. The highest BCUT2D eigenvalue weighted by Crippen LogP contribution is 2.47. The minimum atomic E-state index is -0.461. The van der Waals surface area contributed by atoms with Crippen LogP contribution in [-0.2, 0) is 14.3 Å². The van der Waals surface area contributed by atoms with Gasteiger partial charge in [-0.05, 0) is 45.1 Å². The number of ketones is 1. The van der Waals surface area contributed by atoms with Gasteiger partial charge < -0.3 is 19.5 Å². The molecule has 1 heterocycles. The lowest BCUT2D eigenvalue weighted by atomic mass is 9.70. The number of fused-ring (bicyclic) bond motifs is 1. The second-order valence-electron chi connectivity index (χ2n) is 8.56. The van der Waals surface area contributed by atoms with E-state index >= 15 is 0 Å². The SMILES string of the molecule is COc1ccc(C2C(C(=O)OC3CCCCC3)=C(C)NC3=CCCC(=O)C32)c(OC)c1. The zero-order valence-electron chi connectivity index (χ0n) is 18.5. The van der Waals surface area contributed by atoms with Gasteiger partial charge in [0.15, 0.2) is 0 Å². The van der Waals surface area contributed by atoms with Crippen LogP contribution in [0.5, 0.6) is 11.5 Å². The van der Waals surface area contributed by atoms with Gasteiger partial charge in [0.1, 0.15) is 23.4 Å². The molecule has 4 rings (SSSR count). The minimum absolute atomic E-state index is 0.0565. The van der Waals surface area contributed by atoms with Crippen LogP contribution in [0.2, 0.25) is 0 Å². The van der Waals surface area contributed by atoms with E-state index in [-0.39, 0.29) is 17.9 Å². The van der Waals surface area contributed by atoms with E-state index in [2.05, 4.69) is 11.4 Å². The third kappa shape index (κ3) is 4.21. The third-order valence-electron chi connectivity index (χ3n) is 6.64. The molecule has 2 aliphatic carbocycles. The maximum Gasteiger partial charge on any atom is 0.336 e. The van der Waals surface area contributed by atoms with Crippen LogP contribution in [0.3, 0.4) is 0 Å². The van der Waals surface area contributed by atoms with Crippen molar-refractivity contribution in [3.8, 4) is 11.5 Å². The molecule has 1 aromatic carbocycles. The standard InChI is InChI=1S/C25H31NO5/c1-15-22(25(28)31-16-8-5-4-6-9-16)23(24-19(26-15)10-7-11-20(24)27)18-13-12-17(29-2)14-21(18)30-3/h10,12-14,16,23-24,26H,4-9,11H2,1-3H3. The van der Waals surface area contributed by atoms with Crippen LogP contribution < -0.4 is 14.8 Å². The maximum absolute atomic E-state index is 13.4. The van der Waals surface area contributed by atoms with E-state index in [0.717, 1.165) is 42.6 Å². The van der Waals surface area contributed by atoms with Crippen molar-refractivity contribution in [2.75, 3.05) is 14.2 Å². The highest BCUT2D eigenvalue weighted by molar-refractivity contribution is 5.96. The van der Waals surface area contributed by atoms with Gasteiger partial charge in [-0.25, -0.2) is 4.79 Å². The molecule has 1 N–H and O–H groups in total. The van der Waals surface area contributed by atoms with Crippen LogP contribution in [-0.4, -0.2) is 32.1 Å². The van der Waals surface area contributed by atoms with Crippen LogP contribution in [0.25, 0.3) is 0 Å². The number of rotatable bonds is 5. The molecular formula is C25H31NO5. The number of esters is 1. The average molecular weight is 426 g/mol. The number of ether oxygens (including phenoxy) is 3. The molecule has 166 valence electrons. The first-order valence-electron chi connectivity index (χ1n) is 11.2. The largest absolute Gasteiger partial charge is 0.497 e. The minimum Gasteiger partial charge on any atom is -0.497 e. The van der Waals surface area contributed by atoms with Crippen molar-refractivity contribution in [3.05, 3.63) is 46.8 Å². The monoisotopic (exact) mass is 425 g/mol. The lowest BCUT2D eigenvalue weighted by molar-refractivity contribution is -0.146. The van der Waals surface area contributed by atoms with E-state index in [0.29, 0.717) is 29.9 Å². The second-order valence-corrected chi connectivity index (χ2v) is 8.56. The number of hydrogen-bond donors (Lipinski definition) is 1. The number of benzene rings is 1. The van der Waals surface area contributed by atoms with Crippen molar-refractivity contribution < 1.29 is 23.8 Å². The predicted octanol–water partition coefficient (Wildman–Crippen LogP) is 4.40. The fourth-order valence-electron chi connectivity index (χ4n) is 5.09. The summed E-state index contributed by atoms with van der Waals surface area (Å²) in [6.07, 6.45) is 8.34. The smallest absolute Gasteiger partial charge is 0.336 e. The summed E-state index contributed by atoms with van der Waals surface area (Å²) >= 11 is 0. The van der Waals surface area contributed by atoms with Gasteiger partial charge in [0, 0.05) is 35.4 Å². The van der Waals surface area contributed by atoms with Gasteiger partial charge in [0.25, 0.3) is 0 Å². The molecular weight excluding hydrogens is 394 g/mol. The highest BCUT2D eigenvalue weighted by atomic mass is 16.5. The van der Waals surface area contributed by atoms with E-state index in [1.54, 1.807) is 20.3 Å². The average Bonchev–Trinajstić information content (AvgIpc) is 2.78. The lowest BCUT2D eigenvalue weighted by Gasteiger charge is -2.38. The Hall–Kier alpha value is -2.76. The van der Waals surface area contributed by atoms with Crippen LogP contribution in [0, 0.1) is 5.92 Å². The zero-order valence-corrected chi connectivity index (χ0v) is 18.5. The first-order valence-corrected chi connectivity index (χ1v) is 11.2. The molecule has 2 unspecified atom stereocenters. The molecule has 2 atom stereocenters. The molecule has 31 heavy (non-hydrogen) atoms. The summed E-state index contributed by atoms with van der Waals surface area (Å²) in [5, 5.41) is 3.33. The second kappa shape index (κ2) is 9.16. The van der Waals surface area contributed by atoms with Gasteiger partial charge in [0.05, 0.1) is 25.7 Å². The van der Waals surface area contributed by atoms with E-state index in [9.17, 15) is 9.59 Å². The van der Waals surface area contributed by atoms with Crippen LogP contribution in [0.4, 0.5) is 0 Å². The Morgan fingerprint density at radius 1 is 1.06 bits per heavy atom. The first-order chi connectivity index (χ1) is 15.0. The normalized spacial score (nSPS) is 24.1. The number of carbonyl (C=O) groups excluding carboxylic acids is 2. The van der Waals surface area contributed by atoms with Crippen LogP contribution >= 0.6 is 0 Å². The number of Topliss-reactive ketones (excluding diaryl/α,β-unsaturated/α-hetero) is 1. The van der Waals surface area contributed by atoms with Crippen molar-refractivity contribution in [1.82, 2.24) is 5.32 Å². The molecule has 1 aliphatic heterocycles. The zero-order chi connectivity index (χ0) is 22.0. The fraction of sp³-hybridized carbons (Fsp3) is 0.520. The molecule has 3 aliphatic rings. The van der Waals surface area contributed by atoms with Crippen molar-refractivity contribution in [2.24, 2.45) is 5.92 Å². The molecule has 0 saturated heterocycles. The maximum atomic E-state index is 13.4. The molecule has 6 heteroatoms. The van der Waals surface area contributed by atoms with Gasteiger partial charge in [-0.2, -0.15) is 0 Å². The Morgan fingerprint density at radius 3 is 2.55 bits per heavy atom. The van der Waals surface area contributed by atoms with Gasteiger partial charge in [-0.3, -0.25) is 4.79 Å². The highest BCUT2D eigenvalue weighted by Gasteiger charge is 2.44. The topological polar surface area (TPSA) is 73.9 Å². The summed E-state index contributed by atoms with van der Waals surface area (Å²) < 4.78 is 17.0. The quantitative estimate of drug-likeness (QED) is 0.705. The van der Waals surface area contributed by atoms with Crippen molar-refractivity contribution >= 4 is 11.8 Å². The lowest BCUT2D eigenvalue weighted by Crippen LogP contribution is -2.41. The van der Waals surface area contributed by atoms with Crippen molar-refractivity contribution in [1.29, 1.82) is 0 Å². The number of methoxy groups -OCH3 is 2. The molecule has 6 nitrogen and oxygen atoms in total. The molecule has 0 amide bonds. The number of allylic oxidation sites excluding steroid dienone is 3. The molecule has 1 fully saturated rings. The van der Waals surface area contributed by atoms with Crippen LogP contribution in [0.1, 0.15) is 63.4 Å². The number of carbonyl (C=O) groups is 2. The van der Waals surface area contributed by atoms with E-state index in [4.69, 9.17) is 14.2 Å². The van der Waals surface area contributed by atoms with Crippen molar-refractivity contribution in [3.63, 3.8) is 0 Å². The van der Waals surface area contributed by atoms with Gasteiger partial charge in [-0.15, -0.1) is 0 Å².